The fraction of sp³-hybridized carbons (Fsp3) is 0.700. The first-order chi connectivity index (χ1) is 11.2. The summed E-state index contributed by atoms with van der Waals surface area (Å²) in [5.74, 6) is 0.0217. The minimum absolute atomic E-state index is 0.00301. The van der Waals surface area contributed by atoms with E-state index in [1.807, 2.05) is 27.7 Å². The van der Waals surface area contributed by atoms with E-state index < -0.39 is 16.9 Å². The molecule has 132 valence electrons. The number of hydrogen-bond acceptors (Lipinski definition) is 4. The number of carbonyl (C=O) groups excluding carboxylic acids is 2. The molecular weight excluding hydrogens is 304 g/mol. The van der Waals surface area contributed by atoms with Gasteiger partial charge in [-0.25, -0.2) is 0 Å². The number of rotatable bonds is 2. The fourth-order valence-corrected chi connectivity index (χ4v) is 5.36. The molecule has 2 N–H and O–H groups in total. The lowest BCUT2D eigenvalue weighted by Crippen LogP contribution is -2.56. The van der Waals surface area contributed by atoms with Crippen LogP contribution in [0.3, 0.4) is 0 Å². The lowest BCUT2D eigenvalue weighted by atomic mass is 9.47. The summed E-state index contributed by atoms with van der Waals surface area (Å²) in [6, 6.07) is 0. The van der Waals surface area contributed by atoms with Crippen molar-refractivity contribution in [2.75, 3.05) is 6.61 Å². The normalized spacial score (nSPS) is 39.7. The smallest absolute Gasteiger partial charge is 0.185 e. The first kappa shape index (κ1) is 17.6. The number of Topliss-reactive ketones (excluding diaryl/α,β-unsaturated/α-hetero) is 1. The van der Waals surface area contributed by atoms with Crippen LogP contribution in [0.4, 0.5) is 0 Å². The molecule has 24 heavy (non-hydrogen) atoms. The molecular formula is C20H28O4. The molecule has 0 amide bonds. The topological polar surface area (TPSA) is 74.6 Å². The van der Waals surface area contributed by atoms with Crippen molar-refractivity contribution in [2.45, 2.75) is 59.5 Å². The summed E-state index contributed by atoms with van der Waals surface area (Å²) in [5, 5.41) is 20.4. The van der Waals surface area contributed by atoms with E-state index in [0.717, 1.165) is 6.42 Å². The Kier molecular flexibility index (Phi) is 4.12. The van der Waals surface area contributed by atoms with Crippen LogP contribution in [0.25, 0.3) is 0 Å². The number of hydrogen-bond donors (Lipinski definition) is 2. The molecule has 3 aliphatic rings. The number of aliphatic hydroxyl groups is 2. The Morgan fingerprint density at radius 2 is 1.92 bits per heavy atom. The van der Waals surface area contributed by atoms with Crippen LogP contribution in [0.2, 0.25) is 0 Å². The molecule has 0 radical (unpaired) electrons. The largest absolute Gasteiger partial charge is 0.396 e. The molecule has 0 unspecified atom stereocenters. The molecule has 4 nitrogen and oxygen atoms in total. The van der Waals surface area contributed by atoms with Crippen LogP contribution in [-0.4, -0.2) is 34.5 Å². The SMILES string of the molecule is CC(C)C1=CC(=O)C2=C(CC[C@H]3[C@@](C)(CO)[C@@H](O)CC[C@]23C)C1=O. The van der Waals surface area contributed by atoms with Gasteiger partial charge in [0.05, 0.1) is 12.7 Å². The van der Waals surface area contributed by atoms with E-state index in [1.54, 1.807) is 0 Å². The maximum Gasteiger partial charge on any atom is 0.185 e. The molecule has 0 aliphatic heterocycles. The van der Waals surface area contributed by atoms with Gasteiger partial charge in [0.25, 0.3) is 0 Å². The molecule has 4 atom stereocenters. The van der Waals surface area contributed by atoms with E-state index in [0.29, 0.717) is 36.0 Å². The first-order valence-electron chi connectivity index (χ1n) is 9.00. The molecule has 1 fully saturated rings. The Morgan fingerprint density at radius 1 is 1.25 bits per heavy atom. The number of carbonyl (C=O) groups is 2. The van der Waals surface area contributed by atoms with Gasteiger partial charge in [-0.1, -0.05) is 27.7 Å². The molecule has 0 saturated heterocycles. The fourth-order valence-electron chi connectivity index (χ4n) is 5.36. The number of aliphatic hydroxyl groups excluding tert-OH is 2. The molecule has 3 aliphatic carbocycles. The average molecular weight is 332 g/mol. The zero-order valence-corrected chi connectivity index (χ0v) is 15.1. The zero-order valence-electron chi connectivity index (χ0n) is 15.1. The Bertz CT molecular complexity index is 657. The molecule has 0 heterocycles. The van der Waals surface area contributed by atoms with Gasteiger partial charge in [0.15, 0.2) is 11.6 Å². The highest BCUT2D eigenvalue weighted by Gasteiger charge is 2.58. The average Bonchev–Trinajstić information content (AvgIpc) is 2.53. The van der Waals surface area contributed by atoms with Crippen molar-refractivity contribution in [1.82, 2.24) is 0 Å². The second-order valence-corrected chi connectivity index (χ2v) is 8.53. The number of allylic oxidation sites excluding steroid dienone is 4. The van der Waals surface area contributed by atoms with Crippen molar-refractivity contribution in [3.05, 3.63) is 22.8 Å². The van der Waals surface area contributed by atoms with Crippen molar-refractivity contribution in [3.8, 4) is 0 Å². The Morgan fingerprint density at radius 3 is 2.50 bits per heavy atom. The van der Waals surface area contributed by atoms with Gasteiger partial charge in [0.2, 0.25) is 0 Å². The van der Waals surface area contributed by atoms with Gasteiger partial charge in [0, 0.05) is 27.5 Å². The molecule has 3 rings (SSSR count). The summed E-state index contributed by atoms with van der Waals surface area (Å²) >= 11 is 0. The standard InChI is InChI=1S/C20H28O4/c1-11(2)13-9-14(22)17-12(18(13)24)5-6-15-19(17,3)8-7-16(23)20(15,4)10-21/h9,11,15-16,21,23H,5-8,10H2,1-4H3/t15-,16+,19+,20-/m1/s1. The van der Waals surface area contributed by atoms with Gasteiger partial charge in [0.1, 0.15) is 0 Å². The highest BCUT2D eigenvalue weighted by atomic mass is 16.3. The number of ketones is 2. The van der Waals surface area contributed by atoms with Crippen molar-refractivity contribution < 1.29 is 19.8 Å². The summed E-state index contributed by atoms with van der Waals surface area (Å²) in [6.07, 6.45) is 3.47. The highest BCUT2D eigenvalue weighted by molar-refractivity contribution is 6.23. The summed E-state index contributed by atoms with van der Waals surface area (Å²) in [5.41, 5.74) is 0.871. The van der Waals surface area contributed by atoms with Crippen LogP contribution in [0.5, 0.6) is 0 Å². The highest BCUT2D eigenvalue weighted by Crippen LogP contribution is 2.60. The lowest BCUT2D eigenvalue weighted by molar-refractivity contribution is -0.133. The van der Waals surface area contributed by atoms with Crippen LogP contribution in [0.15, 0.2) is 22.8 Å². The summed E-state index contributed by atoms with van der Waals surface area (Å²) in [7, 11) is 0. The zero-order chi connectivity index (χ0) is 17.9. The quantitative estimate of drug-likeness (QED) is 0.762. The van der Waals surface area contributed by atoms with Gasteiger partial charge in [-0.15, -0.1) is 0 Å². The maximum atomic E-state index is 12.9. The third kappa shape index (κ3) is 2.19. The molecule has 0 spiro atoms. The summed E-state index contributed by atoms with van der Waals surface area (Å²) < 4.78 is 0. The van der Waals surface area contributed by atoms with Gasteiger partial charge in [-0.05, 0) is 43.6 Å². The van der Waals surface area contributed by atoms with E-state index in [-0.39, 0.29) is 30.0 Å². The molecule has 4 heteroatoms. The van der Waals surface area contributed by atoms with E-state index in [4.69, 9.17) is 0 Å². The van der Waals surface area contributed by atoms with Crippen LogP contribution < -0.4 is 0 Å². The Balaban J connectivity index is 2.11. The van der Waals surface area contributed by atoms with Gasteiger partial charge < -0.3 is 10.2 Å². The monoisotopic (exact) mass is 332 g/mol. The van der Waals surface area contributed by atoms with E-state index in [2.05, 4.69) is 0 Å². The molecule has 0 aromatic rings. The second kappa shape index (κ2) is 5.63. The summed E-state index contributed by atoms with van der Waals surface area (Å²) in [4.78, 5) is 25.8. The van der Waals surface area contributed by atoms with Crippen LogP contribution in [-0.2, 0) is 9.59 Å². The van der Waals surface area contributed by atoms with E-state index in [1.165, 1.54) is 6.08 Å². The number of fused-ring (bicyclic) bond motifs is 2. The van der Waals surface area contributed by atoms with Crippen LogP contribution in [0, 0.1) is 22.7 Å². The predicted molar refractivity (Wildman–Crippen MR) is 91.2 cm³/mol. The summed E-state index contributed by atoms with van der Waals surface area (Å²) in [6.45, 7) is 7.73. The minimum atomic E-state index is -0.628. The third-order valence-electron chi connectivity index (χ3n) is 6.85. The molecule has 0 aromatic heterocycles. The molecule has 1 saturated carbocycles. The Hall–Kier alpha value is -1.26. The molecule has 0 aromatic carbocycles. The van der Waals surface area contributed by atoms with Crippen molar-refractivity contribution in [2.24, 2.45) is 22.7 Å². The van der Waals surface area contributed by atoms with Crippen LogP contribution in [0.1, 0.15) is 53.4 Å². The minimum Gasteiger partial charge on any atom is -0.396 e. The van der Waals surface area contributed by atoms with E-state index in [9.17, 15) is 19.8 Å². The van der Waals surface area contributed by atoms with Crippen LogP contribution >= 0.6 is 0 Å². The van der Waals surface area contributed by atoms with Gasteiger partial charge >= 0.3 is 0 Å². The lowest BCUT2D eigenvalue weighted by Gasteiger charge is -2.57. The van der Waals surface area contributed by atoms with Crippen molar-refractivity contribution in [3.63, 3.8) is 0 Å². The maximum absolute atomic E-state index is 12.9. The molecule has 0 bridgehead atoms. The van der Waals surface area contributed by atoms with Crippen molar-refractivity contribution >= 4 is 11.6 Å². The van der Waals surface area contributed by atoms with E-state index >= 15 is 0 Å². The second-order valence-electron chi connectivity index (χ2n) is 8.53. The first-order valence-corrected chi connectivity index (χ1v) is 9.00. The Labute approximate surface area is 143 Å². The van der Waals surface area contributed by atoms with Crippen molar-refractivity contribution in [1.29, 1.82) is 0 Å². The van der Waals surface area contributed by atoms with Gasteiger partial charge in [-0.2, -0.15) is 0 Å². The predicted octanol–water partition coefficient (Wildman–Crippen LogP) is 2.59. The van der Waals surface area contributed by atoms with Gasteiger partial charge in [-0.3, -0.25) is 9.59 Å². The third-order valence-corrected chi connectivity index (χ3v) is 6.85.